The number of carboxylic acid groups (broad SMARTS) is 1. The van der Waals surface area contributed by atoms with Crippen LogP contribution < -0.4 is 0 Å². The third-order valence-corrected chi connectivity index (χ3v) is 4.93. The SMILES string of the molecule is CC(C)(C(=O)O)C1CCCN(CC2CCOCC2)C1. The van der Waals surface area contributed by atoms with Crippen LogP contribution in [0, 0.1) is 17.3 Å². The molecule has 0 spiro atoms. The predicted molar refractivity (Wildman–Crippen MR) is 74.1 cm³/mol. The average molecular weight is 269 g/mol. The number of piperidine rings is 1. The van der Waals surface area contributed by atoms with E-state index >= 15 is 0 Å². The van der Waals surface area contributed by atoms with E-state index in [1.54, 1.807) is 0 Å². The smallest absolute Gasteiger partial charge is 0.309 e. The number of nitrogens with zero attached hydrogens (tertiary/aromatic N) is 1. The van der Waals surface area contributed by atoms with E-state index in [2.05, 4.69) is 4.90 Å². The van der Waals surface area contributed by atoms with Crippen LogP contribution in [0.1, 0.15) is 39.5 Å². The summed E-state index contributed by atoms with van der Waals surface area (Å²) in [4.78, 5) is 13.9. The van der Waals surface area contributed by atoms with Crippen molar-refractivity contribution in [1.29, 1.82) is 0 Å². The standard InChI is InChI=1S/C15H27NO3/c1-15(2,14(17)18)13-4-3-7-16(11-13)10-12-5-8-19-9-6-12/h12-13H,3-11H2,1-2H3,(H,17,18). The van der Waals surface area contributed by atoms with E-state index < -0.39 is 11.4 Å². The van der Waals surface area contributed by atoms with Crippen molar-refractivity contribution in [3.05, 3.63) is 0 Å². The molecule has 2 rings (SSSR count). The minimum Gasteiger partial charge on any atom is -0.481 e. The molecule has 0 bridgehead atoms. The van der Waals surface area contributed by atoms with Gasteiger partial charge in [0.2, 0.25) is 0 Å². The van der Waals surface area contributed by atoms with Gasteiger partial charge >= 0.3 is 5.97 Å². The molecule has 110 valence electrons. The molecule has 0 aromatic carbocycles. The van der Waals surface area contributed by atoms with Gasteiger partial charge in [-0.05, 0) is 57.9 Å². The van der Waals surface area contributed by atoms with Crippen molar-refractivity contribution in [2.75, 3.05) is 32.8 Å². The van der Waals surface area contributed by atoms with Crippen molar-refractivity contribution < 1.29 is 14.6 Å². The maximum atomic E-state index is 11.4. The zero-order valence-corrected chi connectivity index (χ0v) is 12.2. The first kappa shape index (κ1) is 14.8. The fraction of sp³-hybridized carbons (Fsp3) is 0.933. The Morgan fingerprint density at radius 3 is 2.63 bits per heavy atom. The van der Waals surface area contributed by atoms with Gasteiger partial charge < -0.3 is 14.7 Å². The topological polar surface area (TPSA) is 49.8 Å². The largest absolute Gasteiger partial charge is 0.481 e. The first-order valence-electron chi connectivity index (χ1n) is 7.53. The quantitative estimate of drug-likeness (QED) is 0.850. The summed E-state index contributed by atoms with van der Waals surface area (Å²) in [7, 11) is 0. The number of rotatable bonds is 4. The fourth-order valence-corrected chi connectivity index (χ4v) is 3.28. The Balaban J connectivity index is 1.88. The molecule has 0 aromatic heterocycles. The average Bonchev–Trinajstić information content (AvgIpc) is 2.40. The van der Waals surface area contributed by atoms with Gasteiger partial charge in [0.1, 0.15) is 0 Å². The summed E-state index contributed by atoms with van der Waals surface area (Å²) in [6, 6.07) is 0. The summed E-state index contributed by atoms with van der Waals surface area (Å²) in [5.41, 5.74) is -0.603. The lowest BCUT2D eigenvalue weighted by molar-refractivity contribution is -0.151. The third-order valence-electron chi connectivity index (χ3n) is 4.93. The molecule has 0 radical (unpaired) electrons. The van der Waals surface area contributed by atoms with E-state index in [1.807, 2.05) is 13.8 Å². The Morgan fingerprint density at radius 2 is 2.00 bits per heavy atom. The Kier molecular flexibility index (Phi) is 4.85. The van der Waals surface area contributed by atoms with Crippen LogP contribution in [0.4, 0.5) is 0 Å². The molecule has 4 heteroatoms. The van der Waals surface area contributed by atoms with Crippen LogP contribution in [0.25, 0.3) is 0 Å². The number of hydrogen-bond donors (Lipinski definition) is 1. The van der Waals surface area contributed by atoms with Crippen LogP contribution >= 0.6 is 0 Å². The molecule has 1 N–H and O–H groups in total. The lowest BCUT2D eigenvalue weighted by atomic mass is 9.74. The number of carbonyl (C=O) groups is 1. The molecule has 2 aliphatic heterocycles. The Bertz CT molecular complexity index is 311. The van der Waals surface area contributed by atoms with Crippen LogP contribution in [0.3, 0.4) is 0 Å². The second-order valence-electron chi connectivity index (χ2n) is 6.68. The van der Waals surface area contributed by atoms with Crippen LogP contribution in [0.2, 0.25) is 0 Å². The van der Waals surface area contributed by atoms with Gasteiger partial charge in [-0.25, -0.2) is 0 Å². The van der Waals surface area contributed by atoms with E-state index in [0.717, 1.165) is 64.4 Å². The normalized spacial score (nSPS) is 27.4. The zero-order valence-electron chi connectivity index (χ0n) is 12.2. The van der Waals surface area contributed by atoms with E-state index in [-0.39, 0.29) is 5.92 Å². The van der Waals surface area contributed by atoms with Gasteiger partial charge in [0.05, 0.1) is 5.41 Å². The molecule has 19 heavy (non-hydrogen) atoms. The molecule has 2 fully saturated rings. The van der Waals surface area contributed by atoms with Crippen molar-refractivity contribution in [2.45, 2.75) is 39.5 Å². The molecule has 0 amide bonds. The second-order valence-corrected chi connectivity index (χ2v) is 6.68. The lowest BCUT2D eigenvalue weighted by Crippen LogP contribution is -2.46. The van der Waals surface area contributed by atoms with Gasteiger partial charge in [0.25, 0.3) is 0 Å². The number of ether oxygens (including phenoxy) is 1. The number of aliphatic carboxylic acids is 1. The van der Waals surface area contributed by atoms with Crippen LogP contribution in [-0.4, -0.2) is 48.8 Å². The van der Waals surface area contributed by atoms with Crippen LogP contribution in [0.5, 0.6) is 0 Å². The molecule has 2 heterocycles. The zero-order chi connectivity index (χ0) is 13.9. The van der Waals surface area contributed by atoms with E-state index in [0.29, 0.717) is 0 Å². The molecule has 2 saturated heterocycles. The fourth-order valence-electron chi connectivity index (χ4n) is 3.28. The molecule has 0 saturated carbocycles. The molecule has 1 unspecified atom stereocenters. The maximum Gasteiger partial charge on any atom is 0.309 e. The van der Waals surface area contributed by atoms with Crippen LogP contribution in [-0.2, 0) is 9.53 Å². The van der Waals surface area contributed by atoms with Gasteiger partial charge in [0, 0.05) is 26.3 Å². The number of hydrogen-bond acceptors (Lipinski definition) is 3. The number of likely N-dealkylation sites (tertiary alicyclic amines) is 1. The van der Waals surface area contributed by atoms with Crippen molar-refractivity contribution >= 4 is 5.97 Å². The molecule has 0 aromatic rings. The Morgan fingerprint density at radius 1 is 1.32 bits per heavy atom. The molecule has 4 nitrogen and oxygen atoms in total. The summed E-state index contributed by atoms with van der Waals surface area (Å²) in [6.07, 6.45) is 4.49. The molecule has 1 atom stereocenters. The summed E-state index contributed by atoms with van der Waals surface area (Å²) >= 11 is 0. The molecule has 0 aliphatic carbocycles. The van der Waals surface area contributed by atoms with E-state index in [1.165, 1.54) is 0 Å². The monoisotopic (exact) mass is 269 g/mol. The highest BCUT2D eigenvalue weighted by Crippen LogP contribution is 2.34. The van der Waals surface area contributed by atoms with Gasteiger partial charge in [-0.2, -0.15) is 0 Å². The van der Waals surface area contributed by atoms with E-state index in [4.69, 9.17) is 4.74 Å². The Labute approximate surface area is 116 Å². The second kappa shape index (κ2) is 6.23. The highest BCUT2D eigenvalue weighted by molar-refractivity contribution is 5.74. The predicted octanol–water partition coefficient (Wildman–Crippen LogP) is 2.24. The lowest BCUT2D eigenvalue weighted by Gasteiger charge is -2.40. The Hall–Kier alpha value is -0.610. The highest BCUT2D eigenvalue weighted by Gasteiger charge is 2.39. The minimum absolute atomic E-state index is 0.276. The van der Waals surface area contributed by atoms with Crippen molar-refractivity contribution in [2.24, 2.45) is 17.3 Å². The first-order valence-corrected chi connectivity index (χ1v) is 7.53. The summed E-state index contributed by atoms with van der Waals surface area (Å²) in [5.74, 6) is 0.351. The third kappa shape index (κ3) is 3.69. The van der Waals surface area contributed by atoms with Gasteiger partial charge in [0.15, 0.2) is 0 Å². The summed E-state index contributed by atoms with van der Waals surface area (Å²) in [6.45, 7) is 8.72. The van der Waals surface area contributed by atoms with Gasteiger partial charge in [-0.1, -0.05) is 0 Å². The van der Waals surface area contributed by atoms with Gasteiger partial charge in [-0.15, -0.1) is 0 Å². The molecular formula is C15H27NO3. The first-order chi connectivity index (χ1) is 9.00. The van der Waals surface area contributed by atoms with Crippen molar-refractivity contribution in [3.63, 3.8) is 0 Å². The number of carboxylic acids is 1. The van der Waals surface area contributed by atoms with Crippen LogP contribution in [0.15, 0.2) is 0 Å². The van der Waals surface area contributed by atoms with Crippen molar-refractivity contribution in [3.8, 4) is 0 Å². The van der Waals surface area contributed by atoms with Gasteiger partial charge in [-0.3, -0.25) is 4.79 Å². The maximum absolute atomic E-state index is 11.4. The molecular weight excluding hydrogens is 242 g/mol. The van der Waals surface area contributed by atoms with E-state index in [9.17, 15) is 9.90 Å². The highest BCUT2D eigenvalue weighted by atomic mass is 16.5. The van der Waals surface area contributed by atoms with Crippen molar-refractivity contribution in [1.82, 2.24) is 4.90 Å². The molecule has 2 aliphatic rings. The summed E-state index contributed by atoms with van der Waals surface area (Å²) in [5, 5.41) is 9.37. The summed E-state index contributed by atoms with van der Waals surface area (Å²) < 4.78 is 5.40. The minimum atomic E-state index is -0.662.